The van der Waals surface area contributed by atoms with Gasteiger partial charge in [0.25, 0.3) is 5.91 Å². The van der Waals surface area contributed by atoms with E-state index in [1.54, 1.807) is 44.2 Å². The monoisotopic (exact) mass is 497 g/mol. The Labute approximate surface area is 214 Å². The summed E-state index contributed by atoms with van der Waals surface area (Å²) in [6.07, 6.45) is 0. The third kappa shape index (κ3) is 5.54. The number of aromatic nitrogens is 1. The first kappa shape index (κ1) is 25.2. The van der Waals surface area contributed by atoms with Gasteiger partial charge in [-0.1, -0.05) is 54.6 Å². The highest BCUT2D eigenvalue weighted by Gasteiger charge is 2.36. The van der Waals surface area contributed by atoms with E-state index >= 15 is 0 Å². The second kappa shape index (κ2) is 11.7. The van der Waals surface area contributed by atoms with E-state index in [1.165, 1.54) is 0 Å². The minimum atomic E-state index is -0.767. The van der Waals surface area contributed by atoms with Gasteiger partial charge >= 0.3 is 11.9 Å². The Morgan fingerprint density at radius 3 is 1.38 bits per heavy atom. The minimum absolute atomic E-state index is 0.0739. The van der Waals surface area contributed by atoms with E-state index < -0.39 is 17.8 Å². The molecule has 8 heteroatoms. The highest BCUT2D eigenvalue weighted by atomic mass is 16.5. The molecule has 4 rings (SSSR count). The predicted octanol–water partition coefficient (Wildman–Crippen LogP) is 6.02. The molecule has 37 heavy (non-hydrogen) atoms. The molecule has 1 heterocycles. The zero-order valence-electron chi connectivity index (χ0n) is 20.6. The van der Waals surface area contributed by atoms with Crippen LogP contribution in [0.5, 0.6) is 0 Å². The summed E-state index contributed by atoms with van der Waals surface area (Å²) in [4.78, 5) is 40.7. The van der Waals surface area contributed by atoms with Gasteiger partial charge in [-0.05, 0) is 50.2 Å². The molecule has 0 bridgehead atoms. The molecule has 0 atom stereocenters. The van der Waals surface area contributed by atoms with Crippen LogP contribution in [0, 0.1) is 0 Å². The van der Waals surface area contributed by atoms with Crippen LogP contribution in [0.2, 0.25) is 0 Å². The highest BCUT2D eigenvalue weighted by Crippen LogP contribution is 2.39. The van der Waals surface area contributed by atoms with Gasteiger partial charge in [-0.3, -0.25) is 9.36 Å². The van der Waals surface area contributed by atoms with Crippen molar-refractivity contribution in [1.82, 2.24) is 4.57 Å². The number of ether oxygens (including phenoxy) is 2. The normalized spacial score (nSPS) is 10.4. The SMILES string of the molecule is CCOC(=O)c1c(Nc2ccccc2)c(Nc2ccccc2)c(C(=O)OCC)n1C(=O)c1ccccc1. The zero-order valence-corrected chi connectivity index (χ0v) is 20.6. The highest BCUT2D eigenvalue weighted by molar-refractivity contribution is 6.14. The Morgan fingerprint density at radius 1 is 0.622 bits per heavy atom. The van der Waals surface area contributed by atoms with E-state index in [1.807, 2.05) is 60.7 Å². The lowest BCUT2D eigenvalue weighted by Crippen LogP contribution is -2.25. The third-order valence-electron chi connectivity index (χ3n) is 5.42. The van der Waals surface area contributed by atoms with Gasteiger partial charge in [0.15, 0.2) is 11.4 Å². The maximum absolute atomic E-state index is 13.9. The Hall–Kier alpha value is -4.85. The van der Waals surface area contributed by atoms with Gasteiger partial charge in [-0.15, -0.1) is 0 Å². The Kier molecular flexibility index (Phi) is 8.00. The van der Waals surface area contributed by atoms with Crippen LogP contribution in [-0.2, 0) is 9.47 Å². The van der Waals surface area contributed by atoms with Crippen LogP contribution in [-0.4, -0.2) is 35.6 Å². The molecule has 0 unspecified atom stereocenters. The average molecular weight is 498 g/mol. The van der Waals surface area contributed by atoms with Gasteiger partial charge in [0, 0.05) is 16.9 Å². The summed E-state index contributed by atoms with van der Waals surface area (Å²) in [6, 6.07) is 26.7. The number of hydrogen-bond acceptors (Lipinski definition) is 7. The number of esters is 2. The number of anilines is 4. The molecule has 0 saturated heterocycles. The first-order valence-electron chi connectivity index (χ1n) is 11.9. The average Bonchev–Trinajstić information content (AvgIpc) is 3.23. The lowest BCUT2D eigenvalue weighted by atomic mass is 10.2. The topological polar surface area (TPSA) is 98.7 Å². The molecule has 0 aliphatic carbocycles. The van der Waals surface area contributed by atoms with Crippen molar-refractivity contribution >= 4 is 40.6 Å². The summed E-state index contributed by atoms with van der Waals surface area (Å²) in [6.45, 7) is 3.49. The molecular weight excluding hydrogens is 470 g/mol. The second-order valence-electron chi connectivity index (χ2n) is 7.88. The fraction of sp³-hybridized carbons (Fsp3) is 0.138. The molecule has 8 nitrogen and oxygen atoms in total. The Bertz CT molecular complexity index is 1300. The Balaban J connectivity index is 2.05. The van der Waals surface area contributed by atoms with Crippen LogP contribution in [0.25, 0.3) is 0 Å². The summed E-state index contributed by atoms with van der Waals surface area (Å²) in [5, 5.41) is 6.44. The van der Waals surface area contributed by atoms with Crippen LogP contribution in [0.1, 0.15) is 45.2 Å². The summed E-state index contributed by atoms with van der Waals surface area (Å²) in [5.41, 5.74) is 1.74. The quantitative estimate of drug-likeness (QED) is 0.273. The summed E-state index contributed by atoms with van der Waals surface area (Å²) in [7, 11) is 0. The van der Waals surface area contributed by atoms with Crippen molar-refractivity contribution in [1.29, 1.82) is 0 Å². The van der Waals surface area contributed by atoms with Crippen molar-refractivity contribution in [2.45, 2.75) is 13.8 Å². The molecule has 4 aromatic rings. The molecule has 0 spiro atoms. The molecule has 188 valence electrons. The van der Waals surface area contributed by atoms with Crippen molar-refractivity contribution in [2.24, 2.45) is 0 Å². The van der Waals surface area contributed by atoms with Gasteiger partial charge < -0.3 is 20.1 Å². The van der Waals surface area contributed by atoms with Gasteiger partial charge in [-0.25, -0.2) is 9.59 Å². The second-order valence-corrected chi connectivity index (χ2v) is 7.88. The molecular formula is C29H27N3O5. The van der Waals surface area contributed by atoms with E-state index in [2.05, 4.69) is 10.6 Å². The number of hydrogen-bond donors (Lipinski definition) is 2. The number of rotatable bonds is 9. The van der Waals surface area contributed by atoms with Crippen LogP contribution >= 0.6 is 0 Å². The molecule has 0 saturated carbocycles. The van der Waals surface area contributed by atoms with E-state index in [-0.39, 0.29) is 41.5 Å². The summed E-state index contributed by atoms with van der Waals surface area (Å²) in [5.74, 6) is -2.11. The molecule has 0 radical (unpaired) electrons. The first-order valence-corrected chi connectivity index (χ1v) is 11.9. The molecule has 0 aliphatic rings. The van der Waals surface area contributed by atoms with Crippen molar-refractivity contribution in [3.05, 3.63) is 108 Å². The molecule has 0 amide bonds. The lowest BCUT2D eigenvalue weighted by Gasteiger charge is -2.13. The van der Waals surface area contributed by atoms with Crippen LogP contribution in [0.3, 0.4) is 0 Å². The minimum Gasteiger partial charge on any atom is -0.461 e. The number of carbonyl (C=O) groups is 3. The number of benzene rings is 3. The summed E-state index contributed by atoms with van der Waals surface area (Å²) >= 11 is 0. The lowest BCUT2D eigenvalue weighted by molar-refractivity contribution is 0.0497. The van der Waals surface area contributed by atoms with Crippen molar-refractivity contribution in [2.75, 3.05) is 23.8 Å². The number of nitrogens with one attached hydrogen (secondary N) is 2. The van der Waals surface area contributed by atoms with E-state index in [0.717, 1.165) is 4.57 Å². The van der Waals surface area contributed by atoms with Crippen LogP contribution in [0.15, 0.2) is 91.0 Å². The number of carbonyl (C=O) groups excluding carboxylic acids is 3. The molecule has 0 aliphatic heterocycles. The zero-order chi connectivity index (χ0) is 26.2. The fourth-order valence-corrected chi connectivity index (χ4v) is 3.85. The van der Waals surface area contributed by atoms with Crippen molar-refractivity contribution < 1.29 is 23.9 Å². The predicted molar refractivity (Wildman–Crippen MR) is 142 cm³/mol. The first-order chi connectivity index (χ1) is 18.0. The maximum Gasteiger partial charge on any atom is 0.357 e. The maximum atomic E-state index is 13.9. The van der Waals surface area contributed by atoms with E-state index in [9.17, 15) is 14.4 Å². The third-order valence-corrected chi connectivity index (χ3v) is 5.42. The van der Waals surface area contributed by atoms with E-state index in [0.29, 0.717) is 11.4 Å². The standard InChI is InChI=1S/C29H27N3O5/c1-3-36-28(34)25-23(30-21-16-10-6-11-17-21)24(31-22-18-12-7-13-19-22)26(29(35)37-4-2)32(25)27(33)20-14-8-5-9-15-20/h5-19,30-31H,3-4H2,1-2H3. The number of para-hydroxylation sites is 2. The molecule has 2 N–H and O–H groups in total. The molecule has 3 aromatic carbocycles. The van der Waals surface area contributed by atoms with Gasteiger partial charge in [0.05, 0.1) is 24.6 Å². The van der Waals surface area contributed by atoms with Gasteiger partial charge in [-0.2, -0.15) is 0 Å². The largest absolute Gasteiger partial charge is 0.461 e. The Morgan fingerprint density at radius 2 is 1.00 bits per heavy atom. The van der Waals surface area contributed by atoms with Crippen molar-refractivity contribution in [3.63, 3.8) is 0 Å². The van der Waals surface area contributed by atoms with E-state index in [4.69, 9.17) is 9.47 Å². The fourth-order valence-electron chi connectivity index (χ4n) is 3.85. The smallest absolute Gasteiger partial charge is 0.357 e. The van der Waals surface area contributed by atoms with Crippen LogP contribution < -0.4 is 10.6 Å². The van der Waals surface area contributed by atoms with Crippen molar-refractivity contribution in [3.8, 4) is 0 Å². The van der Waals surface area contributed by atoms with Gasteiger partial charge in [0.1, 0.15) is 0 Å². The summed E-state index contributed by atoms with van der Waals surface area (Å²) < 4.78 is 11.8. The molecule has 1 aromatic heterocycles. The molecule has 0 fully saturated rings. The number of nitrogens with zero attached hydrogens (tertiary/aromatic N) is 1. The van der Waals surface area contributed by atoms with Crippen LogP contribution in [0.4, 0.5) is 22.7 Å². The van der Waals surface area contributed by atoms with Gasteiger partial charge in [0.2, 0.25) is 0 Å².